The lowest BCUT2D eigenvalue weighted by Gasteiger charge is -2.15. The molecule has 0 heterocycles. The molecule has 0 fully saturated rings. The van der Waals surface area contributed by atoms with Crippen molar-refractivity contribution in [2.24, 2.45) is 0 Å². The highest BCUT2D eigenvalue weighted by atomic mass is 19.1. The number of ether oxygens (including phenoxy) is 1. The Morgan fingerprint density at radius 1 is 0.964 bits per heavy atom. The van der Waals surface area contributed by atoms with Crippen LogP contribution in [0.4, 0.5) is 4.39 Å². The van der Waals surface area contributed by atoms with E-state index in [-0.39, 0.29) is 0 Å². The molecule has 0 bridgehead atoms. The van der Waals surface area contributed by atoms with Crippen LogP contribution in [-0.4, -0.2) is 17.9 Å². The van der Waals surface area contributed by atoms with Gasteiger partial charge in [-0.25, -0.2) is 4.39 Å². The van der Waals surface area contributed by atoms with E-state index in [1.165, 1.54) is 24.3 Å². The van der Waals surface area contributed by atoms with Crippen LogP contribution in [0.3, 0.4) is 0 Å². The Balaban J connectivity index is 1.51. The van der Waals surface area contributed by atoms with Gasteiger partial charge in [0, 0.05) is 6.08 Å². The molecule has 6 heteroatoms. The maximum atomic E-state index is 13.1. The van der Waals surface area contributed by atoms with Crippen LogP contribution in [0.15, 0.2) is 72.8 Å². The van der Waals surface area contributed by atoms with E-state index in [9.17, 15) is 14.0 Å². The Kier molecular flexibility index (Phi) is 6.01. The lowest BCUT2D eigenvalue weighted by Crippen LogP contribution is -2.46. The standard InChI is InChI=1S/C22H19FN2O3/c1-15(28-20-11-10-17-6-2-3-7-18(17)14-20)22(27)25-24-21(26)12-9-16-5-4-8-19(23)13-16/h2-15H,1H3,(H,24,26)(H,25,27)/b12-9+/t15-/m1/s1. The highest BCUT2D eigenvalue weighted by Crippen LogP contribution is 2.21. The smallest absolute Gasteiger partial charge is 0.279 e. The number of nitrogens with one attached hydrogen (secondary N) is 2. The minimum Gasteiger partial charge on any atom is -0.481 e. The van der Waals surface area contributed by atoms with Crippen molar-refractivity contribution in [3.05, 3.63) is 84.2 Å². The molecule has 0 spiro atoms. The molecule has 0 unspecified atom stereocenters. The number of fused-ring (bicyclic) bond motifs is 1. The van der Waals surface area contributed by atoms with E-state index in [4.69, 9.17) is 4.74 Å². The first-order valence-electron chi connectivity index (χ1n) is 8.70. The lowest BCUT2D eigenvalue weighted by atomic mass is 10.1. The zero-order valence-electron chi connectivity index (χ0n) is 15.2. The third-order valence-corrected chi connectivity index (χ3v) is 3.99. The van der Waals surface area contributed by atoms with Crippen molar-refractivity contribution in [3.8, 4) is 5.75 Å². The number of halogens is 1. The molecular formula is C22H19FN2O3. The maximum absolute atomic E-state index is 13.1. The van der Waals surface area contributed by atoms with Gasteiger partial charge in [0.25, 0.3) is 11.8 Å². The second-order valence-electron chi connectivity index (χ2n) is 6.14. The molecule has 2 N–H and O–H groups in total. The second kappa shape index (κ2) is 8.81. The van der Waals surface area contributed by atoms with Gasteiger partial charge in [0.1, 0.15) is 11.6 Å². The molecule has 0 aliphatic carbocycles. The molecule has 0 saturated carbocycles. The van der Waals surface area contributed by atoms with Gasteiger partial charge in [-0.1, -0.05) is 42.5 Å². The molecule has 0 aliphatic heterocycles. The largest absolute Gasteiger partial charge is 0.481 e. The van der Waals surface area contributed by atoms with Gasteiger partial charge < -0.3 is 4.74 Å². The van der Waals surface area contributed by atoms with Crippen molar-refractivity contribution in [3.63, 3.8) is 0 Å². The van der Waals surface area contributed by atoms with E-state index in [0.29, 0.717) is 11.3 Å². The number of hydrazine groups is 1. The third-order valence-electron chi connectivity index (χ3n) is 3.99. The zero-order valence-corrected chi connectivity index (χ0v) is 15.2. The first-order valence-corrected chi connectivity index (χ1v) is 8.70. The first kappa shape index (κ1) is 19.1. The van der Waals surface area contributed by atoms with Crippen LogP contribution in [0.1, 0.15) is 12.5 Å². The summed E-state index contributed by atoms with van der Waals surface area (Å²) < 4.78 is 18.7. The van der Waals surface area contributed by atoms with Crippen molar-refractivity contribution in [1.82, 2.24) is 10.9 Å². The fourth-order valence-corrected chi connectivity index (χ4v) is 2.55. The Morgan fingerprint density at radius 3 is 2.54 bits per heavy atom. The summed E-state index contributed by atoms with van der Waals surface area (Å²) >= 11 is 0. The summed E-state index contributed by atoms with van der Waals surface area (Å²) in [7, 11) is 0. The lowest BCUT2D eigenvalue weighted by molar-refractivity contribution is -0.131. The Morgan fingerprint density at radius 2 is 1.75 bits per heavy atom. The van der Waals surface area contributed by atoms with Crippen molar-refractivity contribution < 1.29 is 18.7 Å². The van der Waals surface area contributed by atoms with Crippen LogP contribution in [-0.2, 0) is 9.59 Å². The van der Waals surface area contributed by atoms with Crippen LogP contribution in [0, 0.1) is 5.82 Å². The molecule has 3 rings (SSSR count). The molecular weight excluding hydrogens is 359 g/mol. The minimum absolute atomic E-state index is 0.393. The van der Waals surface area contributed by atoms with E-state index in [1.54, 1.807) is 25.1 Å². The highest BCUT2D eigenvalue weighted by molar-refractivity contribution is 5.93. The molecule has 28 heavy (non-hydrogen) atoms. The Hall–Kier alpha value is -3.67. The van der Waals surface area contributed by atoms with Crippen LogP contribution in [0.25, 0.3) is 16.8 Å². The van der Waals surface area contributed by atoms with Gasteiger partial charge >= 0.3 is 0 Å². The summed E-state index contributed by atoms with van der Waals surface area (Å²) in [4.78, 5) is 23.9. The summed E-state index contributed by atoms with van der Waals surface area (Å²) in [5, 5.41) is 2.08. The molecule has 0 aromatic heterocycles. The van der Waals surface area contributed by atoms with Crippen molar-refractivity contribution in [1.29, 1.82) is 0 Å². The predicted molar refractivity (Wildman–Crippen MR) is 106 cm³/mol. The van der Waals surface area contributed by atoms with E-state index in [2.05, 4.69) is 10.9 Å². The molecule has 1 atom stereocenters. The molecule has 0 radical (unpaired) electrons. The fraction of sp³-hybridized carbons (Fsp3) is 0.0909. The number of carbonyl (C=O) groups excluding carboxylic acids is 2. The van der Waals surface area contributed by atoms with Gasteiger partial charge in [-0.05, 0) is 53.6 Å². The van der Waals surface area contributed by atoms with Crippen molar-refractivity contribution >= 4 is 28.7 Å². The average molecular weight is 378 g/mol. The number of hydrogen-bond acceptors (Lipinski definition) is 3. The topological polar surface area (TPSA) is 67.4 Å². The normalized spacial score (nSPS) is 11.9. The summed E-state index contributed by atoms with van der Waals surface area (Å²) in [6.07, 6.45) is 1.83. The molecule has 142 valence electrons. The monoisotopic (exact) mass is 378 g/mol. The summed E-state index contributed by atoms with van der Waals surface area (Å²) in [6.45, 7) is 1.58. The van der Waals surface area contributed by atoms with Gasteiger partial charge in [-0.15, -0.1) is 0 Å². The molecule has 5 nitrogen and oxygen atoms in total. The van der Waals surface area contributed by atoms with Gasteiger partial charge in [0.15, 0.2) is 6.10 Å². The average Bonchev–Trinajstić information content (AvgIpc) is 2.70. The Labute approximate surface area is 161 Å². The Bertz CT molecular complexity index is 1030. The van der Waals surface area contributed by atoms with Gasteiger partial charge in [-0.2, -0.15) is 0 Å². The summed E-state index contributed by atoms with van der Waals surface area (Å²) in [6, 6.07) is 19.2. The van der Waals surface area contributed by atoms with E-state index in [0.717, 1.165) is 10.8 Å². The summed E-state index contributed by atoms with van der Waals surface area (Å²) in [5.41, 5.74) is 5.10. The zero-order chi connectivity index (χ0) is 19.9. The predicted octanol–water partition coefficient (Wildman–Crippen LogP) is 3.61. The fourth-order valence-electron chi connectivity index (χ4n) is 2.55. The van der Waals surface area contributed by atoms with Crippen LogP contribution < -0.4 is 15.6 Å². The molecule has 2 amide bonds. The maximum Gasteiger partial charge on any atom is 0.279 e. The molecule has 3 aromatic rings. The van der Waals surface area contributed by atoms with Crippen molar-refractivity contribution in [2.45, 2.75) is 13.0 Å². The van der Waals surface area contributed by atoms with Crippen LogP contribution in [0.5, 0.6) is 5.75 Å². The molecule has 0 saturated heterocycles. The first-order chi connectivity index (χ1) is 13.5. The summed E-state index contributed by atoms with van der Waals surface area (Å²) in [5.74, 6) is -0.884. The van der Waals surface area contributed by atoms with Gasteiger partial charge in [-0.3, -0.25) is 20.4 Å². The van der Waals surface area contributed by atoms with Gasteiger partial charge in [0.2, 0.25) is 0 Å². The highest BCUT2D eigenvalue weighted by Gasteiger charge is 2.15. The van der Waals surface area contributed by atoms with Crippen LogP contribution in [0.2, 0.25) is 0 Å². The van der Waals surface area contributed by atoms with Crippen molar-refractivity contribution in [2.75, 3.05) is 0 Å². The number of rotatable bonds is 5. The number of amides is 2. The third kappa shape index (κ3) is 5.17. The van der Waals surface area contributed by atoms with E-state index >= 15 is 0 Å². The second-order valence-corrected chi connectivity index (χ2v) is 6.14. The quantitative estimate of drug-likeness (QED) is 0.527. The van der Waals surface area contributed by atoms with E-state index in [1.807, 2.05) is 36.4 Å². The number of carbonyl (C=O) groups is 2. The van der Waals surface area contributed by atoms with Crippen LogP contribution >= 0.6 is 0 Å². The number of benzene rings is 3. The van der Waals surface area contributed by atoms with Gasteiger partial charge in [0.05, 0.1) is 0 Å². The minimum atomic E-state index is -0.811. The number of hydrogen-bond donors (Lipinski definition) is 2. The molecule has 0 aliphatic rings. The molecule has 3 aromatic carbocycles. The SMILES string of the molecule is C[C@@H](Oc1ccc2ccccc2c1)C(=O)NNC(=O)/C=C/c1cccc(F)c1. The van der Waals surface area contributed by atoms with E-state index < -0.39 is 23.7 Å².